The first-order valence-electron chi connectivity index (χ1n) is 7.61. The summed E-state index contributed by atoms with van der Waals surface area (Å²) in [5.74, 6) is -1.18. The standard InChI is InChI=1S/C16H21N3O4/c1-18(16(23)19-10-6-3-7-11-19)15(22)17-13(14(20)21)12-8-4-2-5-9-12/h2,4-5,8-9,13H,3,6-7,10-11H2,1H3,(H,17,22)(H,20,21). The Morgan fingerprint density at radius 3 is 2.30 bits per heavy atom. The topological polar surface area (TPSA) is 90.0 Å². The highest BCUT2D eigenvalue weighted by atomic mass is 16.4. The Kier molecular flexibility index (Phi) is 5.56. The zero-order valence-electron chi connectivity index (χ0n) is 13.1. The SMILES string of the molecule is CN(C(=O)NC(C(=O)O)c1ccccc1)C(=O)N1CCCCC1. The number of aliphatic carboxylic acids is 1. The Balaban J connectivity index is 2.03. The molecule has 7 nitrogen and oxygen atoms in total. The van der Waals surface area contributed by atoms with Crippen molar-refractivity contribution in [3.8, 4) is 0 Å². The maximum atomic E-state index is 12.3. The third kappa shape index (κ3) is 4.21. The predicted octanol–water partition coefficient (Wildman–Crippen LogP) is 2.06. The Labute approximate surface area is 134 Å². The first-order chi connectivity index (χ1) is 11.0. The quantitative estimate of drug-likeness (QED) is 0.892. The number of carbonyl (C=O) groups is 3. The normalized spacial score (nSPS) is 15.6. The number of carbonyl (C=O) groups excluding carboxylic acids is 2. The van der Waals surface area contributed by atoms with Crippen LogP contribution in [0.5, 0.6) is 0 Å². The van der Waals surface area contributed by atoms with Crippen molar-refractivity contribution in [2.45, 2.75) is 25.3 Å². The average molecular weight is 319 g/mol. The number of amides is 4. The van der Waals surface area contributed by atoms with Gasteiger partial charge in [0.05, 0.1) is 0 Å². The summed E-state index contributed by atoms with van der Waals surface area (Å²) in [4.78, 5) is 38.4. The minimum absolute atomic E-state index is 0.403. The van der Waals surface area contributed by atoms with Crippen LogP contribution in [0.1, 0.15) is 30.9 Å². The number of carboxylic acid groups (broad SMARTS) is 1. The first-order valence-corrected chi connectivity index (χ1v) is 7.61. The molecule has 0 aliphatic carbocycles. The van der Waals surface area contributed by atoms with Gasteiger partial charge in [0.1, 0.15) is 0 Å². The Morgan fingerprint density at radius 2 is 1.74 bits per heavy atom. The van der Waals surface area contributed by atoms with Crippen molar-refractivity contribution < 1.29 is 19.5 Å². The van der Waals surface area contributed by atoms with Crippen molar-refractivity contribution in [1.29, 1.82) is 0 Å². The summed E-state index contributed by atoms with van der Waals surface area (Å²) in [6.07, 6.45) is 2.92. The summed E-state index contributed by atoms with van der Waals surface area (Å²) in [6, 6.07) is 6.06. The monoisotopic (exact) mass is 319 g/mol. The fourth-order valence-corrected chi connectivity index (χ4v) is 2.54. The largest absolute Gasteiger partial charge is 0.479 e. The van der Waals surface area contributed by atoms with Gasteiger partial charge < -0.3 is 15.3 Å². The molecule has 0 bridgehead atoms. The summed E-state index contributed by atoms with van der Waals surface area (Å²) in [5, 5.41) is 11.7. The number of nitrogens with zero attached hydrogens (tertiary/aromatic N) is 2. The second kappa shape index (κ2) is 7.62. The molecule has 1 unspecified atom stereocenters. The van der Waals surface area contributed by atoms with E-state index in [0.29, 0.717) is 18.7 Å². The van der Waals surface area contributed by atoms with Crippen molar-refractivity contribution in [1.82, 2.24) is 15.1 Å². The second-order valence-electron chi connectivity index (χ2n) is 5.52. The lowest BCUT2D eigenvalue weighted by atomic mass is 10.1. The zero-order valence-corrected chi connectivity index (χ0v) is 13.1. The highest BCUT2D eigenvalue weighted by Gasteiger charge is 2.28. The summed E-state index contributed by atoms with van der Waals surface area (Å²) in [7, 11) is 1.36. The molecule has 0 spiro atoms. The molecular formula is C16H21N3O4. The van der Waals surface area contributed by atoms with Crippen LogP contribution in [0.3, 0.4) is 0 Å². The van der Waals surface area contributed by atoms with E-state index in [4.69, 9.17) is 0 Å². The van der Waals surface area contributed by atoms with Crippen LogP contribution in [-0.4, -0.2) is 53.1 Å². The molecule has 1 aromatic rings. The van der Waals surface area contributed by atoms with Crippen LogP contribution in [0.25, 0.3) is 0 Å². The number of rotatable bonds is 3. The van der Waals surface area contributed by atoms with Crippen LogP contribution in [0, 0.1) is 0 Å². The number of hydrogen-bond acceptors (Lipinski definition) is 3. The fourth-order valence-electron chi connectivity index (χ4n) is 2.54. The van der Waals surface area contributed by atoms with Gasteiger partial charge in [0.15, 0.2) is 6.04 Å². The molecule has 0 aromatic heterocycles. The van der Waals surface area contributed by atoms with Gasteiger partial charge in [0, 0.05) is 20.1 Å². The van der Waals surface area contributed by atoms with E-state index in [9.17, 15) is 19.5 Å². The van der Waals surface area contributed by atoms with Crippen LogP contribution >= 0.6 is 0 Å². The lowest BCUT2D eigenvalue weighted by molar-refractivity contribution is -0.139. The average Bonchev–Trinajstić information content (AvgIpc) is 2.59. The molecular weight excluding hydrogens is 298 g/mol. The van der Waals surface area contributed by atoms with Gasteiger partial charge in [-0.3, -0.25) is 0 Å². The van der Waals surface area contributed by atoms with Crippen LogP contribution in [-0.2, 0) is 4.79 Å². The van der Waals surface area contributed by atoms with Crippen molar-refractivity contribution >= 4 is 18.0 Å². The van der Waals surface area contributed by atoms with Crippen LogP contribution in [0.2, 0.25) is 0 Å². The molecule has 1 aliphatic heterocycles. The predicted molar refractivity (Wildman–Crippen MR) is 83.9 cm³/mol. The van der Waals surface area contributed by atoms with Gasteiger partial charge in [-0.1, -0.05) is 30.3 Å². The second-order valence-corrected chi connectivity index (χ2v) is 5.52. The van der Waals surface area contributed by atoms with E-state index in [-0.39, 0.29) is 0 Å². The molecule has 0 saturated carbocycles. The zero-order chi connectivity index (χ0) is 16.8. The number of urea groups is 2. The van der Waals surface area contributed by atoms with Gasteiger partial charge >= 0.3 is 18.0 Å². The number of carboxylic acids is 1. The number of hydrogen-bond donors (Lipinski definition) is 2. The van der Waals surface area contributed by atoms with E-state index in [1.165, 1.54) is 7.05 Å². The molecule has 1 aromatic carbocycles. The van der Waals surface area contributed by atoms with E-state index >= 15 is 0 Å². The van der Waals surface area contributed by atoms with E-state index in [1.807, 2.05) is 0 Å². The molecule has 1 fully saturated rings. The molecule has 2 rings (SSSR count). The minimum atomic E-state index is -1.19. The fraction of sp³-hybridized carbons (Fsp3) is 0.438. The van der Waals surface area contributed by atoms with Crippen molar-refractivity contribution in [2.24, 2.45) is 0 Å². The molecule has 124 valence electrons. The summed E-state index contributed by atoms with van der Waals surface area (Å²) >= 11 is 0. The molecule has 7 heteroatoms. The molecule has 1 saturated heterocycles. The number of nitrogens with one attached hydrogen (secondary N) is 1. The molecule has 4 amide bonds. The molecule has 1 atom stereocenters. The van der Waals surface area contributed by atoms with Gasteiger partial charge in [0.2, 0.25) is 0 Å². The number of imide groups is 1. The summed E-state index contributed by atoms with van der Waals surface area (Å²) in [6.45, 7) is 1.25. The first kappa shape index (κ1) is 16.8. The van der Waals surface area contributed by atoms with E-state index < -0.39 is 24.1 Å². The van der Waals surface area contributed by atoms with Crippen LogP contribution < -0.4 is 5.32 Å². The smallest absolute Gasteiger partial charge is 0.330 e. The third-order valence-electron chi connectivity index (χ3n) is 3.87. The van der Waals surface area contributed by atoms with Gasteiger partial charge in [-0.2, -0.15) is 0 Å². The van der Waals surface area contributed by atoms with Crippen molar-refractivity contribution in [3.05, 3.63) is 35.9 Å². The van der Waals surface area contributed by atoms with Crippen LogP contribution in [0.15, 0.2) is 30.3 Å². The molecule has 1 aliphatic rings. The van der Waals surface area contributed by atoms with Gasteiger partial charge in [-0.25, -0.2) is 19.3 Å². The van der Waals surface area contributed by atoms with Crippen LogP contribution in [0.4, 0.5) is 9.59 Å². The van der Waals surface area contributed by atoms with Crippen molar-refractivity contribution in [3.63, 3.8) is 0 Å². The third-order valence-corrected chi connectivity index (χ3v) is 3.87. The lowest BCUT2D eigenvalue weighted by Gasteiger charge is -2.30. The number of benzene rings is 1. The van der Waals surface area contributed by atoms with E-state index in [2.05, 4.69) is 5.32 Å². The molecule has 1 heterocycles. The highest BCUT2D eigenvalue weighted by molar-refractivity contribution is 5.95. The minimum Gasteiger partial charge on any atom is -0.479 e. The van der Waals surface area contributed by atoms with Gasteiger partial charge in [-0.05, 0) is 24.8 Å². The van der Waals surface area contributed by atoms with Gasteiger partial charge in [-0.15, -0.1) is 0 Å². The Bertz CT molecular complexity index is 570. The summed E-state index contributed by atoms with van der Waals surface area (Å²) in [5.41, 5.74) is 0.451. The van der Waals surface area contributed by atoms with E-state index in [1.54, 1.807) is 35.2 Å². The lowest BCUT2D eigenvalue weighted by Crippen LogP contribution is -2.50. The highest BCUT2D eigenvalue weighted by Crippen LogP contribution is 2.14. The molecule has 2 N–H and O–H groups in total. The van der Waals surface area contributed by atoms with Crippen molar-refractivity contribution in [2.75, 3.05) is 20.1 Å². The van der Waals surface area contributed by atoms with E-state index in [0.717, 1.165) is 24.2 Å². The maximum Gasteiger partial charge on any atom is 0.330 e. The number of piperidine rings is 1. The number of likely N-dealkylation sites (tertiary alicyclic amines) is 1. The maximum absolute atomic E-state index is 12.3. The molecule has 0 radical (unpaired) electrons. The summed E-state index contributed by atoms with van der Waals surface area (Å²) < 4.78 is 0. The Morgan fingerprint density at radius 1 is 1.13 bits per heavy atom. The Hall–Kier alpha value is -2.57. The van der Waals surface area contributed by atoms with Gasteiger partial charge in [0.25, 0.3) is 0 Å². The molecule has 23 heavy (non-hydrogen) atoms.